The lowest BCUT2D eigenvalue weighted by molar-refractivity contribution is 0.0954. The molecule has 0 fully saturated rings. The number of nitrogens with zero attached hydrogens (tertiary/aromatic N) is 1. The van der Waals surface area contributed by atoms with Gasteiger partial charge in [-0.15, -0.1) is 0 Å². The number of amides is 1. The third-order valence-electron chi connectivity index (χ3n) is 3.44. The van der Waals surface area contributed by atoms with Crippen molar-refractivity contribution in [3.8, 4) is 17.2 Å². The Kier molecular flexibility index (Phi) is 7.47. The molecule has 0 aliphatic carbocycles. The van der Waals surface area contributed by atoms with E-state index in [0.29, 0.717) is 23.7 Å². The molecule has 0 bridgehead atoms. The van der Waals surface area contributed by atoms with Crippen LogP contribution in [0.4, 0.5) is 0 Å². The maximum absolute atomic E-state index is 12.2. The van der Waals surface area contributed by atoms with Gasteiger partial charge in [-0.25, -0.2) is 5.43 Å². The standard InChI is InChI=1S/C19H21BrN2O4/c1-4-9-26-16-7-5-13(10-15(16)20)12-21-22-19(23)14-6-8-17(24-2)18(11-14)25-3/h5-8,10-12H,4,9H2,1-3H3,(H,22,23)/b21-12+. The molecule has 0 atom stereocenters. The van der Waals surface area contributed by atoms with Crippen LogP contribution in [0.5, 0.6) is 17.2 Å². The third-order valence-corrected chi connectivity index (χ3v) is 4.06. The van der Waals surface area contributed by atoms with Gasteiger partial charge in [0.25, 0.3) is 5.91 Å². The lowest BCUT2D eigenvalue weighted by atomic mass is 10.2. The Balaban J connectivity index is 2.01. The fourth-order valence-electron chi connectivity index (χ4n) is 2.13. The Morgan fingerprint density at radius 2 is 1.85 bits per heavy atom. The van der Waals surface area contributed by atoms with E-state index in [1.54, 1.807) is 31.5 Å². The summed E-state index contributed by atoms with van der Waals surface area (Å²) < 4.78 is 16.8. The van der Waals surface area contributed by atoms with E-state index in [4.69, 9.17) is 14.2 Å². The average molecular weight is 421 g/mol. The zero-order valence-corrected chi connectivity index (χ0v) is 16.5. The molecule has 0 saturated heterocycles. The minimum absolute atomic E-state index is 0.343. The Morgan fingerprint density at radius 3 is 2.50 bits per heavy atom. The summed E-state index contributed by atoms with van der Waals surface area (Å²) in [5.41, 5.74) is 3.74. The van der Waals surface area contributed by atoms with Crippen molar-refractivity contribution in [3.05, 3.63) is 52.0 Å². The van der Waals surface area contributed by atoms with Crippen LogP contribution >= 0.6 is 15.9 Å². The molecule has 26 heavy (non-hydrogen) atoms. The molecule has 0 spiro atoms. The van der Waals surface area contributed by atoms with E-state index in [-0.39, 0.29) is 5.91 Å². The molecule has 138 valence electrons. The van der Waals surface area contributed by atoms with E-state index in [0.717, 1.165) is 22.2 Å². The van der Waals surface area contributed by atoms with Crippen molar-refractivity contribution in [3.63, 3.8) is 0 Å². The predicted molar refractivity (Wildman–Crippen MR) is 105 cm³/mol. The van der Waals surface area contributed by atoms with Crippen molar-refractivity contribution in [1.82, 2.24) is 5.43 Å². The van der Waals surface area contributed by atoms with Gasteiger partial charge in [0.15, 0.2) is 11.5 Å². The van der Waals surface area contributed by atoms with E-state index in [9.17, 15) is 4.79 Å². The lowest BCUT2D eigenvalue weighted by Crippen LogP contribution is -2.17. The highest BCUT2D eigenvalue weighted by Crippen LogP contribution is 2.27. The van der Waals surface area contributed by atoms with E-state index in [1.165, 1.54) is 7.11 Å². The van der Waals surface area contributed by atoms with E-state index in [1.807, 2.05) is 18.2 Å². The highest BCUT2D eigenvalue weighted by Gasteiger charge is 2.10. The number of benzene rings is 2. The fourth-order valence-corrected chi connectivity index (χ4v) is 2.64. The van der Waals surface area contributed by atoms with Crippen LogP contribution in [0.2, 0.25) is 0 Å². The third kappa shape index (κ3) is 5.23. The van der Waals surface area contributed by atoms with E-state index in [2.05, 4.69) is 33.4 Å². The highest BCUT2D eigenvalue weighted by atomic mass is 79.9. The topological polar surface area (TPSA) is 69.2 Å². The van der Waals surface area contributed by atoms with Crippen molar-refractivity contribution < 1.29 is 19.0 Å². The van der Waals surface area contributed by atoms with Crippen LogP contribution in [0.25, 0.3) is 0 Å². The van der Waals surface area contributed by atoms with Crippen LogP contribution in [0.15, 0.2) is 46.0 Å². The number of carbonyl (C=O) groups excluding carboxylic acids is 1. The summed E-state index contributed by atoms with van der Waals surface area (Å²) in [5.74, 6) is 1.47. The van der Waals surface area contributed by atoms with Gasteiger partial charge in [0.1, 0.15) is 5.75 Å². The molecule has 2 aromatic carbocycles. The first-order valence-corrected chi connectivity index (χ1v) is 8.86. The largest absolute Gasteiger partial charge is 0.493 e. The molecular formula is C19H21BrN2O4. The van der Waals surface area contributed by atoms with Crippen molar-refractivity contribution in [2.45, 2.75) is 13.3 Å². The molecule has 1 N–H and O–H groups in total. The maximum Gasteiger partial charge on any atom is 0.271 e. The second-order valence-corrected chi connectivity index (χ2v) is 6.16. The summed E-state index contributed by atoms with van der Waals surface area (Å²) in [7, 11) is 3.06. The maximum atomic E-state index is 12.2. The van der Waals surface area contributed by atoms with Crippen molar-refractivity contribution >= 4 is 28.1 Å². The van der Waals surface area contributed by atoms with Crippen LogP contribution in [-0.4, -0.2) is 32.9 Å². The minimum Gasteiger partial charge on any atom is -0.493 e. The van der Waals surface area contributed by atoms with Crippen LogP contribution < -0.4 is 19.6 Å². The first-order chi connectivity index (χ1) is 12.6. The zero-order valence-electron chi connectivity index (χ0n) is 14.9. The molecule has 1 amide bonds. The number of hydrazone groups is 1. The molecule has 6 nitrogen and oxygen atoms in total. The summed E-state index contributed by atoms with van der Waals surface area (Å²) in [6.45, 7) is 2.71. The molecule has 0 heterocycles. The number of halogens is 1. The zero-order chi connectivity index (χ0) is 18.9. The van der Waals surface area contributed by atoms with Gasteiger partial charge < -0.3 is 14.2 Å². The second kappa shape index (κ2) is 9.82. The Hall–Kier alpha value is -2.54. The molecular weight excluding hydrogens is 400 g/mol. The summed E-state index contributed by atoms with van der Waals surface area (Å²) in [6, 6.07) is 10.5. The van der Waals surface area contributed by atoms with E-state index < -0.39 is 0 Å². The molecule has 0 aliphatic heterocycles. The van der Waals surface area contributed by atoms with Gasteiger partial charge >= 0.3 is 0 Å². The van der Waals surface area contributed by atoms with E-state index >= 15 is 0 Å². The van der Waals surface area contributed by atoms with Gasteiger partial charge in [0.2, 0.25) is 0 Å². The molecule has 0 saturated carbocycles. The van der Waals surface area contributed by atoms with Gasteiger partial charge in [0, 0.05) is 5.56 Å². The highest BCUT2D eigenvalue weighted by molar-refractivity contribution is 9.10. The Labute approximate surface area is 161 Å². The first kappa shape index (κ1) is 19.8. The van der Waals surface area contributed by atoms with Crippen molar-refractivity contribution in [2.75, 3.05) is 20.8 Å². The number of hydrogen-bond acceptors (Lipinski definition) is 5. The molecule has 0 aromatic heterocycles. The molecule has 2 rings (SSSR count). The Morgan fingerprint density at radius 1 is 1.12 bits per heavy atom. The molecule has 0 unspecified atom stereocenters. The first-order valence-electron chi connectivity index (χ1n) is 8.06. The predicted octanol–water partition coefficient (Wildman–Crippen LogP) is 4.02. The minimum atomic E-state index is -0.343. The van der Waals surface area contributed by atoms with Crippen LogP contribution in [0, 0.1) is 0 Å². The smallest absolute Gasteiger partial charge is 0.271 e. The molecule has 2 aromatic rings. The second-order valence-electron chi connectivity index (χ2n) is 5.31. The summed E-state index contributed by atoms with van der Waals surface area (Å²) >= 11 is 3.46. The molecule has 7 heteroatoms. The summed E-state index contributed by atoms with van der Waals surface area (Å²) in [4.78, 5) is 12.2. The number of methoxy groups -OCH3 is 2. The van der Waals surface area contributed by atoms with Crippen molar-refractivity contribution in [2.24, 2.45) is 5.10 Å². The summed E-state index contributed by atoms with van der Waals surface area (Å²) in [5, 5.41) is 3.99. The quantitative estimate of drug-likeness (QED) is 0.517. The number of carbonyl (C=O) groups is 1. The normalized spacial score (nSPS) is 10.6. The van der Waals surface area contributed by atoms with Crippen LogP contribution in [0.3, 0.4) is 0 Å². The number of nitrogens with one attached hydrogen (secondary N) is 1. The Bertz CT molecular complexity index is 793. The average Bonchev–Trinajstić information content (AvgIpc) is 2.66. The fraction of sp³-hybridized carbons (Fsp3) is 0.263. The number of rotatable bonds is 8. The SMILES string of the molecule is CCCOc1ccc(/C=N/NC(=O)c2ccc(OC)c(OC)c2)cc1Br. The van der Waals surface area contributed by atoms with Gasteiger partial charge in [0.05, 0.1) is 31.5 Å². The lowest BCUT2D eigenvalue weighted by Gasteiger charge is -2.08. The van der Waals surface area contributed by atoms with Crippen LogP contribution in [0.1, 0.15) is 29.3 Å². The van der Waals surface area contributed by atoms with Gasteiger partial charge in [-0.2, -0.15) is 5.10 Å². The summed E-state index contributed by atoms with van der Waals surface area (Å²) in [6.07, 6.45) is 2.50. The monoisotopic (exact) mass is 420 g/mol. The number of hydrogen-bond donors (Lipinski definition) is 1. The van der Waals surface area contributed by atoms with Gasteiger partial charge in [-0.05, 0) is 64.3 Å². The van der Waals surface area contributed by atoms with Crippen LogP contribution in [-0.2, 0) is 0 Å². The molecule has 0 radical (unpaired) electrons. The van der Waals surface area contributed by atoms with Crippen molar-refractivity contribution in [1.29, 1.82) is 0 Å². The van der Waals surface area contributed by atoms with Gasteiger partial charge in [-0.3, -0.25) is 4.79 Å². The van der Waals surface area contributed by atoms with Gasteiger partial charge in [-0.1, -0.05) is 6.92 Å². The molecule has 0 aliphatic rings. The number of ether oxygens (including phenoxy) is 3.